The van der Waals surface area contributed by atoms with Crippen LogP contribution in [0.4, 0.5) is 9.80 Å². The number of thiophene rings is 2. The maximum Gasteiger partial charge on any atom is 0.410 e. The summed E-state index contributed by atoms with van der Waals surface area (Å²) in [5.41, 5.74) is 2.53. The Hall–Kier alpha value is -3.41. The largest absolute Gasteiger partial charge is 0.450 e. The molecule has 0 saturated heterocycles. The van der Waals surface area contributed by atoms with E-state index in [2.05, 4.69) is 23.5 Å². The summed E-state index contributed by atoms with van der Waals surface area (Å²) in [4.78, 5) is 29.2. The number of benzene rings is 1. The fourth-order valence-corrected chi connectivity index (χ4v) is 5.62. The van der Waals surface area contributed by atoms with Gasteiger partial charge in [-0.3, -0.25) is 4.79 Å². The molecule has 6 nitrogen and oxygen atoms in total. The van der Waals surface area contributed by atoms with Crippen molar-refractivity contribution in [1.82, 2.24) is 4.90 Å². The summed E-state index contributed by atoms with van der Waals surface area (Å²) in [5.74, 6) is -0.294. The van der Waals surface area contributed by atoms with Crippen LogP contribution in [0.15, 0.2) is 48.5 Å². The molecule has 1 aromatic carbocycles. The molecule has 0 radical (unpaired) electrons. The van der Waals surface area contributed by atoms with Gasteiger partial charge in [0.2, 0.25) is 5.91 Å². The van der Waals surface area contributed by atoms with Crippen LogP contribution in [0.5, 0.6) is 0 Å². The highest BCUT2D eigenvalue weighted by molar-refractivity contribution is 7.17. The zero-order valence-electron chi connectivity index (χ0n) is 17.5. The van der Waals surface area contributed by atoms with E-state index in [1.807, 2.05) is 30.3 Å². The van der Waals surface area contributed by atoms with Crippen LogP contribution in [0, 0.1) is 11.3 Å². The Morgan fingerprint density at radius 3 is 2.78 bits per heavy atom. The van der Waals surface area contributed by atoms with Crippen molar-refractivity contribution in [3.05, 3.63) is 69.4 Å². The van der Waals surface area contributed by atoms with Crippen molar-refractivity contribution in [2.45, 2.75) is 19.9 Å². The molecule has 0 atom stereocenters. The molecular weight excluding hydrogens is 442 g/mol. The zero-order chi connectivity index (χ0) is 22.5. The monoisotopic (exact) mass is 463 g/mol. The predicted molar refractivity (Wildman–Crippen MR) is 128 cm³/mol. The molecule has 0 bridgehead atoms. The van der Waals surface area contributed by atoms with Gasteiger partial charge in [0.25, 0.3) is 0 Å². The van der Waals surface area contributed by atoms with Crippen molar-refractivity contribution in [1.29, 1.82) is 5.26 Å². The number of carbonyl (C=O) groups is 2. The number of carbonyl (C=O) groups excluding carboxylic acids is 2. The molecule has 0 unspecified atom stereocenters. The molecule has 1 aliphatic rings. The van der Waals surface area contributed by atoms with E-state index < -0.39 is 0 Å². The lowest BCUT2D eigenvalue weighted by atomic mass is 10.0. The van der Waals surface area contributed by atoms with Gasteiger partial charge in [-0.15, -0.1) is 22.7 Å². The third kappa shape index (κ3) is 4.74. The molecule has 4 rings (SSSR count). The smallest absolute Gasteiger partial charge is 0.410 e. The first-order chi connectivity index (χ1) is 15.6. The summed E-state index contributed by atoms with van der Waals surface area (Å²) in [7, 11) is 0. The third-order valence-corrected chi connectivity index (χ3v) is 7.25. The zero-order valence-corrected chi connectivity index (χ0v) is 19.1. The second kappa shape index (κ2) is 9.81. The predicted octanol–water partition coefficient (Wildman–Crippen LogP) is 5.51. The molecule has 8 heteroatoms. The van der Waals surface area contributed by atoms with E-state index in [0.29, 0.717) is 36.7 Å². The Bertz CT molecular complexity index is 1210. The maximum absolute atomic E-state index is 12.5. The SMILES string of the molecule is CCOC(=O)N1CCc2c(sc(NC(=O)C=Cc3ccc(-c4ccccc4)s3)c2C#N)C1. The number of anilines is 1. The Kier molecular flexibility index (Phi) is 6.69. The molecular formula is C24H21N3O3S2. The number of amides is 2. The van der Waals surface area contributed by atoms with Crippen LogP contribution in [0.3, 0.4) is 0 Å². The van der Waals surface area contributed by atoms with Crippen LogP contribution < -0.4 is 5.32 Å². The minimum Gasteiger partial charge on any atom is -0.450 e. The highest BCUT2D eigenvalue weighted by Crippen LogP contribution is 2.37. The van der Waals surface area contributed by atoms with E-state index in [9.17, 15) is 14.9 Å². The van der Waals surface area contributed by atoms with Crippen LogP contribution in [-0.4, -0.2) is 30.1 Å². The van der Waals surface area contributed by atoms with Gasteiger partial charge in [0.05, 0.1) is 18.7 Å². The average Bonchev–Trinajstić information content (AvgIpc) is 3.42. The number of ether oxygens (including phenoxy) is 1. The summed E-state index contributed by atoms with van der Waals surface area (Å²) in [6.45, 7) is 2.97. The van der Waals surface area contributed by atoms with E-state index in [-0.39, 0.29) is 12.0 Å². The summed E-state index contributed by atoms with van der Waals surface area (Å²) < 4.78 is 5.08. The molecule has 3 aromatic rings. The fourth-order valence-electron chi connectivity index (χ4n) is 3.49. The van der Waals surface area contributed by atoms with Crippen molar-refractivity contribution < 1.29 is 14.3 Å². The summed E-state index contributed by atoms with van der Waals surface area (Å²) in [5, 5.41) is 13.0. The van der Waals surface area contributed by atoms with Crippen molar-refractivity contribution >= 4 is 45.8 Å². The molecule has 2 aromatic heterocycles. The van der Waals surface area contributed by atoms with Gasteiger partial charge in [0.15, 0.2) is 0 Å². The van der Waals surface area contributed by atoms with Gasteiger partial charge in [0, 0.05) is 27.3 Å². The van der Waals surface area contributed by atoms with Gasteiger partial charge in [-0.1, -0.05) is 30.3 Å². The molecule has 32 heavy (non-hydrogen) atoms. The molecule has 1 N–H and O–H groups in total. The van der Waals surface area contributed by atoms with Gasteiger partial charge in [-0.05, 0) is 42.7 Å². The van der Waals surface area contributed by atoms with Gasteiger partial charge < -0.3 is 15.0 Å². The lowest BCUT2D eigenvalue weighted by Crippen LogP contribution is -2.35. The van der Waals surface area contributed by atoms with Crippen LogP contribution in [0.25, 0.3) is 16.5 Å². The van der Waals surface area contributed by atoms with Crippen molar-refractivity contribution in [3.8, 4) is 16.5 Å². The maximum atomic E-state index is 12.5. The molecule has 2 amide bonds. The van der Waals surface area contributed by atoms with Gasteiger partial charge >= 0.3 is 6.09 Å². The molecule has 0 spiro atoms. The van der Waals surface area contributed by atoms with Crippen molar-refractivity contribution in [2.75, 3.05) is 18.5 Å². The van der Waals surface area contributed by atoms with E-state index in [4.69, 9.17) is 4.74 Å². The summed E-state index contributed by atoms with van der Waals surface area (Å²) >= 11 is 2.95. The third-order valence-electron chi connectivity index (χ3n) is 5.02. The van der Waals surface area contributed by atoms with Gasteiger partial charge in [0.1, 0.15) is 11.1 Å². The molecule has 0 fully saturated rings. The first-order valence-corrected chi connectivity index (χ1v) is 11.8. The number of fused-ring (bicyclic) bond motifs is 1. The minimum atomic E-state index is -0.357. The highest BCUT2D eigenvalue weighted by Gasteiger charge is 2.27. The molecule has 162 valence electrons. The van der Waals surface area contributed by atoms with E-state index in [0.717, 1.165) is 25.8 Å². The van der Waals surface area contributed by atoms with E-state index in [1.54, 1.807) is 29.2 Å². The van der Waals surface area contributed by atoms with E-state index >= 15 is 0 Å². The van der Waals surface area contributed by atoms with Gasteiger partial charge in [-0.2, -0.15) is 5.26 Å². The molecule has 0 aliphatic carbocycles. The lowest BCUT2D eigenvalue weighted by Gasteiger charge is -2.25. The normalized spacial score (nSPS) is 12.9. The molecule has 0 saturated carbocycles. The summed E-state index contributed by atoms with van der Waals surface area (Å²) in [6, 6.07) is 16.3. The number of hydrogen-bond acceptors (Lipinski definition) is 6. The number of hydrogen-bond donors (Lipinski definition) is 1. The highest BCUT2D eigenvalue weighted by atomic mass is 32.1. The summed E-state index contributed by atoms with van der Waals surface area (Å²) in [6.07, 6.45) is 3.46. The second-order valence-electron chi connectivity index (χ2n) is 7.08. The Balaban J connectivity index is 1.44. The van der Waals surface area contributed by atoms with Crippen LogP contribution in [0.1, 0.15) is 27.8 Å². The minimum absolute atomic E-state index is 0.294. The van der Waals surface area contributed by atoms with Crippen LogP contribution >= 0.6 is 22.7 Å². The quantitative estimate of drug-likeness (QED) is 0.506. The number of nitrogens with zero attached hydrogens (tertiary/aromatic N) is 2. The topological polar surface area (TPSA) is 82.4 Å². The second-order valence-corrected chi connectivity index (χ2v) is 9.30. The number of nitrogens with one attached hydrogen (secondary N) is 1. The van der Waals surface area contributed by atoms with Crippen molar-refractivity contribution in [2.24, 2.45) is 0 Å². The Morgan fingerprint density at radius 1 is 1.22 bits per heavy atom. The van der Waals surface area contributed by atoms with Crippen LogP contribution in [0.2, 0.25) is 0 Å². The average molecular weight is 464 g/mol. The number of nitriles is 1. The Morgan fingerprint density at radius 2 is 2.03 bits per heavy atom. The number of rotatable bonds is 5. The fraction of sp³-hybridized carbons (Fsp3) is 0.208. The van der Waals surface area contributed by atoms with Crippen molar-refractivity contribution in [3.63, 3.8) is 0 Å². The molecule has 3 heterocycles. The lowest BCUT2D eigenvalue weighted by molar-refractivity contribution is -0.111. The Labute approximate surface area is 194 Å². The molecule has 1 aliphatic heterocycles. The van der Waals surface area contributed by atoms with Crippen LogP contribution in [-0.2, 0) is 22.5 Å². The van der Waals surface area contributed by atoms with E-state index in [1.165, 1.54) is 17.4 Å². The first-order valence-electron chi connectivity index (χ1n) is 10.2. The standard InChI is InChI=1S/C24H21N3O3S2/c1-2-30-24(29)27-13-12-18-19(14-25)23(32-21(18)15-27)26-22(28)11-9-17-8-10-20(31-17)16-6-4-3-5-7-16/h3-11H,2,12-13,15H2,1H3,(H,26,28). The van der Waals surface area contributed by atoms with Gasteiger partial charge in [-0.25, -0.2) is 4.79 Å². The first kappa shape index (κ1) is 21.8.